The van der Waals surface area contributed by atoms with Crippen LogP contribution in [0, 0.1) is 6.92 Å². The predicted octanol–water partition coefficient (Wildman–Crippen LogP) is 5.20. The SMILES string of the molecule is Cc1cccc(-c2nnc(CNC(C)c3ccc(Cl)cc3Cl)o2)c1. The molecule has 0 aliphatic rings. The summed E-state index contributed by atoms with van der Waals surface area (Å²) in [5.74, 6) is 1.05. The van der Waals surface area contributed by atoms with Crippen LogP contribution < -0.4 is 5.32 Å². The molecule has 0 bridgehead atoms. The highest BCUT2D eigenvalue weighted by molar-refractivity contribution is 6.35. The number of halogens is 2. The van der Waals surface area contributed by atoms with E-state index < -0.39 is 0 Å². The highest BCUT2D eigenvalue weighted by Gasteiger charge is 2.13. The second kappa shape index (κ2) is 7.34. The maximum absolute atomic E-state index is 6.23. The first-order chi connectivity index (χ1) is 11.5. The number of hydrogen-bond acceptors (Lipinski definition) is 4. The van der Waals surface area contributed by atoms with E-state index in [1.807, 2.05) is 50.2 Å². The number of benzene rings is 2. The first-order valence-electron chi connectivity index (χ1n) is 7.60. The highest BCUT2D eigenvalue weighted by atomic mass is 35.5. The third-order valence-corrected chi connectivity index (χ3v) is 4.28. The summed E-state index contributed by atoms with van der Waals surface area (Å²) in [6, 6.07) is 13.5. The molecule has 0 aliphatic heterocycles. The Morgan fingerprint density at radius 2 is 1.96 bits per heavy atom. The van der Waals surface area contributed by atoms with Gasteiger partial charge in [-0.25, -0.2) is 0 Å². The Morgan fingerprint density at radius 1 is 1.12 bits per heavy atom. The van der Waals surface area contributed by atoms with Crippen molar-refractivity contribution >= 4 is 23.2 Å². The molecule has 1 atom stereocenters. The summed E-state index contributed by atoms with van der Waals surface area (Å²) in [6.45, 7) is 4.51. The van der Waals surface area contributed by atoms with Crippen molar-refractivity contribution in [3.8, 4) is 11.5 Å². The molecule has 0 aliphatic carbocycles. The van der Waals surface area contributed by atoms with Crippen molar-refractivity contribution in [2.24, 2.45) is 0 Å². The lowest BCUT2D eigenvalue weighted by Crippen LogP contribution is -2.18. The van der Waals surface area contributed by atoms with Crippen LogP contribution in [0.5, 0.6) is 0 Å². The molecule has 1 unspecified atom stereocenters. The molecule has 0 radical (unpaired) electrons. The van der Waals surface area contributed by atoms with E-state index in [0.717, 1.165) is 16.7 Å². The van der Waals surface area contributed by atoms with Crippen molar-refractivity contribution in [1.82, 2.24) is 15.5 Å². The Labute approximate surface area is 150 Å². The zero-order chi connectivity index (χ0) is 17.1. The molecular weight excluding hydrogens is 345 g/mol. The second-order valence-corrected chi connectivity index (χ2v) is 6.48. The van der Waals surface area contributed by atoms with Crippen LogP contribution in [0.3, 0.4) is 0 Å². The van der Waals surface area contributed by atoms with Crippen LogP contribution in [0.2, 0.25) is 10.0 Å². The number of aromatic nitrogens is 2. The van der Waals surface area contributed by atoms with E-state index in [1.165, 1.54) is 0 Å². The van der Waals surface area contributed by atoms with Crippen molar-refractivity contribution in [3.05, 3.63) is 69.5 Å². The number of hydrogen-bond donors (Lipinski definition) is 1. The minimum atomic E-state index is 0.0316. The van der Waals surface area contributed by atoms with Crippen LogP contribution >= 0.6 is 23.2 Å². The minimum absolute atomic E-state index is 0.0316. The molecule has 4 nitrogen and oxygen atoms in total. The normalized spacial score (nSPS) is 12.3. The minimum Gasteiger partial charge on any atom is -0.419 e. The van der Waals surface area contributed by atoms with Crippen molar-refractivity contribution in [3.63, 3.8) is 0 Å². The Morgan fingerprint density at radius 3 is 2.71 bits per heavy atom. The number of rotatable bonds is 5. The van der Waals surface area contributed by atoms with Gasteiger partial charge in [0.15, 0.2) is 0 Å². The van der Waals surface area contributed by atoms with Gasteiger partial charge in [0.05, 0.1) is 6.54 Å². The first kappa shape index (κ1) is 17.0. The zero-order valence-electron chi connectivity index (χ0n) is 13.4. The van der Waals surface area contributed by atoms with Gasteiger partial charge in [-0.2, -0.15) is 0 Å². The lowest BCUT2D eigenvalue weighted by Gasteiger charge is -2.14. The van der Waals surface area contributed by atoms with E-state index in [1.54, 1.807) is 6.07 Å². The molecule has 0 spiro atoms. The van der Waals surface area contributed by atoms with Gasteiger partial charge < -0.3 is 9.73 Å². The molecule has 0 saturated heterocycles. The van der Waals surface area contributed by atoms with Gasteiger partial charge in [-0.1, -0.05) is 47.0 Å². The average Bonchev–Trinajstić information content (AvgIpc) is 3.01. The van der Waals surface area contributed by atoms with E-state index in [4.69, 9.17) is 27.6 Å². The van der Waals surface area contributed by atoms with Crippen molar-refractivity contribution < 1.29 is 4.42 Å². The maximum Gasteiger partial charge on any atom is 0.247 e. The molecule has 6 heteroatoms. The summed E-state index contributed by atoms with van der Waals surface area (Å²) in [5, 5.41) is 12.8. The number of nitrogens with zero attached hydrogens (tertiary/aromatic N) is 2. The molecule has 0 fully saturated rings. The first-order valence-corrected chi connectivity index (χ1v) is 8.36. The van der Waals surface area contributed by atoms with Gasteiger partial charge in [0.25, 0.3) is 0 Å². The molecular formula is C18H17Cl2N3O. The third-order valence-electron chi connectivity index (χ3n) is 3.72. The van der Waals surface area contributed by atoms with Crippen molar-refractivity contribution in [2.75, 3.05) is 0 Å². The molecule has 24 heavy (non-hydrogen) atoms. The van der Waals surface area contributed by atoms with Gasteiger partial charge in [-0.3, -0.25) is 0 Å². The average molecular weight is 362 g/mol. The molecule has 3 rings (SSSR count). The summed E-state index contributed by atoms with van der Waals surface area (Å²) in [7, 11) is 0. The standard InChI is InChI=1S/C18H17Cl2N3O/c1-11-4-3-5-13(8-11)18-23-22-17(24-18)10-21-12(2)15-7-6-14(19)9-16(15)20/h3-9,12,21H,10H2,1-2H3. The topological polar surface area (TPSA) is 51.0 Å². The summed E-state index contributed by atoms with van der Waals surface area (Å²) in [4.78, 5) is 0. The van der Waals surface area contributed by atoms with Crippen LogP contribution in [0.4, 0.5) is 0 Å². The lowest BCUT2D eigenvalue weighted by molar-refractivity contribution is 0.454. The molecule has 2 aromatic carbocycles. The van der Waals surface area contributed by atoms with Gasteiger partial charge in [0.1, 0.15) is 0 Å². The molecule has 0 saturated carbocycles. The predicted molar refractivity (Wildman–Crippen MR) is 96.2 cm³/mol. The monoisotopic (exact) mass is 361 g/mol. The fraction of sp³-hybridized carbons (Fsp3) is 0.222. The number of nitrogens with one attached hydrogen (secondary N) is 1. The summed E-state index contributed by atoms with van der Waals surface area (Å²) in [6.07, 6.45) is 0. The van der Waals surface area contributed by atoms with Crippen molar-refractivity contribution in [2.45, 2.75) is 26.4 Å². The van der Waals surface area contributed by atoms with Gasteiger partial charge in [0, 0.05) is 21.7 Å². The lowest BCUT2D eigenvalue weighted by atomic mass is 10.1. The van der Waals surface area contributed by atoms with Gasteiger partial charge in [-0.05, 0) is 43.7 Å². The van der Waals surface area contributed by atoms with Gasteiger partial charge in [-0.15, -0.1) is 10.2 Å². The molecule has 0 amide bonds. The summed E-state index contributed by atoms with van der Waals surface area (Å²) >= 11 is 12.2. The van der Waals surface area contributed by atoms with E-state index >= 15 is 0 Å². The second-order valence-electron chi connectivity index (χ2n) is 5.64. The molecule has 3 aromatic rings. The van der Waals surface area contributed by atoms with Crippen LogP contribution in [0.1, 0.15) is 30.0 Å². The smallest absolute Gasteiger partial charge is 0.247 e. The highest BCUT2D eigenvalue weighted by Crippen LogP contribution is 2.26. The van der Waals surface area contributed by atoms with E-state index in [2.05, 4.69) is 15.5 Å². The number of aryl methyl sites for hydroxylation is 1. The fourth-order valence-corrected chi connectivity index (χ4v) is 2.99. The molecule has 124 valence electrons. The Hall–Kier alpha value is -1.88. The van der Waals surface area contributed by atoms with Crippen molar-refractivity contribution in [1.29, 1.82) is 0 Å². The maximum atomic E-state index is 6.23. The van der Waals surface area contributed by atoms with Crippen LogP contribution in [-0.4, -0.2) is 10.2 Å². The Kier molecular flexibility index (Phi) is 5.19. The molecule has 1 N–H and O–H groups in total. The Bertz CT molecular complexity index is 848. The Balaban J connectivity index is 1.67. The molecule has 1 heterocycles. The molecule has 1 aromatic heterocycles. The van der Waals surface area contributed by atoms with Gasteiger partial charge in [0.2, 0.25) is 11.8 Å². The largest absolute Gasteiger partial charge is 0.419 e. The zero-order valence-corrected chi connectivity index (χ0v) is 14.9. The summed E-state index contributed by atoms with van der Waals surface area (Å²) < 4.78 is 5.72. The summed E-state index contributed by atoms with van der Waals surface area (Å²) in [5.41, 5.74) is 3.04. The van der Waals surface area contributed by atoms with E-state index in [9.17, 15) is 0 Å². The van der Waals surface area contributed by atoms with E-state index in [-0.39, 0.29) is 6.04 Å². The van der Waals surface area contributed by atoms with Crippen LogP contribution in [0.25, 0.3) is 11.5 Å². The fourth-order valence-electron chi connectivity index (χ4n) is 2.42. The third kappa shape index (κ3) is 3.96. The van der Waals surface area contributed by atoms with E-state index in [0.29, 0.717) is 28.4 Å². The van der Waals surface area contributed by atoms with Gasteiger partial charge >= 0.3 is 0 Å². The quantitative estimate of drug-likeness (QED) is 0.678. The van der Waals surface area contributed by atoms with Crippen LogP contribution in [0.15, 0.2) is 46.9 Å². The van der Waals surface area contributed by atoms with Crippen LogP contribution in [-0.2, 0) is 6.54 Å².